The van der Waals surface area contributed by atoms with Gasteiger partial charge in [0, 0.05) is 18.9 Å². The lowest BCUT2D eigenvalue weighted by atomic mass is 9.94. The average Bonchev–Trinajstić information content (AvgIpc) is 3.01. The van der Waals surface area contributed by atoms with Gasteiger partial charge in [-0.05, 0) is 50.6 Å². The molecule has 0 radical (unpaired) electrons. The first kappa shape index (κ1) is 15.8. The maximum atomic E-state index is 7.92. The van der Waals surface area contributed by atoms with Crippen LogP contribution in [0, 0.1) is 16.7 Å². The van der Waals surface area contributed by atoms with Crippen LogP contribution in [0.2, 0.25) is 0 Å². The Balaban J connectivity index is 1.59. The zero-order chi connectivity index (χ0) is 16.4. The van der Waals surface area contributed by atoms with E-state index in [2.05, 4.69) is 24.0 Å². The lowest BCUT2D eigenvalue weighted by molar-refractivity contribution is 0.154. The van der Waals surface area contributed by atoms with Crippen molar-refractivity contribution in [1.82, 2.24) is 4.90 Å². The van der Waals surface area contributed by atoms with E-state index in [1.807, 2.05) is 6.07 Å². The third-order valence-electron chi connectivity index (χ3n) is 4.59. The molecule has 0 bridgehead atoms. The van der Waals surface area contributed by atoms with E-state index in [4.69, 9.17) is 25.0 Å². The number of hydrogen-bond acceptors (Lipinski definition) is 6. The Bertz CT molecular complexity index is 609. The molecule has 1 aromatic rings. The second-order valence-electron chi connectivity index (χ2n) is 6.12. The van der Waals surface area contributed by atoms with E-state index < -0.39 is 0 Å². The molecule has 2 aliphatic rings. The van der Waals surface area contributed by atoms with Crippen molar-refractivity contribution < 1.29 is 14.2 Å². The molecule has 6 nitrogen and oxygen atoms in total. The summed E-state index contributed by atoms with van der Waals surface area (Å²) in [6.07, 6.45) is 1.78. The van der Waals surface area contributed by atoms with E-state index in [1.165, 1.54) is 5.56 Å². The van der Waals surface area contributed by atoms with Crippen molar-refractivity contribution in [1.29, 1.82) is 10.8 Å². The van der Waals surface area contributed by atoms with Crippen molar-refractivity contribution in [3.8, 4) is 11.5 Å². The van der Waals surface area contributed by atoms with Crippen LogP contribution >= 0.6 is 0 Å². The summed E-state index contributed by atoms with van der Waals surface area (Å²) in [5.41, 5.74) is 1.22. The second-order valence-corrected chi connectivity index (χ2v) is 6.12. The van der Waals surface area contributed by atoms with Crippen molar-refractivity contribution in [2.24, 2.45) is 5.92 Å². The summed E-state index contributed by atoms with van der Waals surface area (Å²) >= 11 is 0. The molecular weight excluding hydrogens is 294 g/mol. The number of likely N-dealkylation sites (tertiary alicyclic amines) is 1. The summed E-state index contributed by atoms with van der Waals surface area (Å²) in [7, 11) is 0. The Morgan fingerprint density at radius 3 is 2.61 bits per heavy atom. The van der Waals surface area contributed by atoms with E-state index in [9.17, 15) is 0 Å². The molecule has 1 saturated heterocycles. The van der Waals surface area contributed by atoms with Gasteiger partial charge in [-0.3, -0.25) is 15.7 Å². The Hall–Kier alpha value is -2.08. The second kappa shape index (κ2) is 6.58. The third kappa shape index (κ3) is 3.47. The van der Waals surface area contributed by atoms with Crippen molar-refractivity contribution in [3.05, 3.63) is 23.8 Å². The maximum Gasteiger partial charge on any atom is 0.231 e. The molecule has 1 atom stereocenters. The van der Waals surface area contributed by atoms with Crippen LogP contribution in [0.5, 0.6) is 11.5 Å². The quantitative estimate of drug-likeness (QED) is 0.663. The standard InChI is InChI=1S/C17H23N3O3/c1-11(14-3-4-15-16(9-14)22-10-21-15)20-7-5-13(6-8-20)17(19)23-12(2)18/h3-4,9,11,13,18-19H,5-8,10H2,1-2H3. The highest BCUT2D eigenvalue weighted by atomic mass is 16.7. The highest BCUT2D eigenvalue weighted by molar-refractivity contribution is 5.88. The lowest BCUT2D eigenvalue weighted by Crippen LogP contribution is -2.38. The highest BCUT2D eigenvalue weighted by Crippen LogP contribution is 2.36. The Labute approximate surface area is 136 Å². The molecular formula is C17H23N3O3. The lowest BCUT2D eigenvalue weighted by Gasteiger charge is -2.36. The van der Waals surface area contributed by atoms with Crippen LogP contribution in [-0.2, 0) is 4.74 Å². The van der Waals surface area contributed by atoms with E-state index in [-0.39, 0.29) is 17.7 Å². The topological polar surface area (TPSA) is 78.6 Å². The fraction of sp³-hybridized carbons (Fsp3) is 0.529. The van der Waals surface area contributed by atoms with Crippen molar-refractivity contribution >= 4 is 11.8 Å². The van der Waals surface area contributed by atoms with Gasteiger partial charge in [-0.25, -0.2) is 0 Å². The molecule has 2 aliphatic heterocycles. The molecule has 3 rings (SSSR count). The van der Waals surface area contributed by atoms with Crippen LogP contribution in [0.4, 0.5) is 0 Å². The van der Waals surface area contributed by atoms with Crippen molar-refractivity contribution in [2.45, 2.75) is 32.7 Å². The minimum absolute atomic E-state index is 0.0890. The predicted octanol–water partition coefficient (Wildman–Crippen LogP) is 3.18. The Kier molecular flexibility index (Phi) is 4.52. The van der Waals surface area contributed by atoms with Crippen LogP contribution in [0.1, 0.15) is 38.3 Å². The van der Waals surface area contributed by atoms with Gasteiger partial charge in [-0.15, -0.1) is 0 Å². The number of hydrogen-bond donors (Lipinski definition) is 2. The normalized spacial score (nSPS) is 19.4. The molecule has 1 unspecified atom stereocenters. The van der Waals surface area contributed by atoms with E-state index in [0.717, 1.165) is 37.4 Å². The van der Waals surface area contributed by atoms with Gasteiger partial charge in [0.2, 0.25) is 6.79 Å². The molecule has 0 aromatic heterocycles. The van der Waals surface area contributed by atoms with Crippen molar-refractivity contribution in [2.75, 3.05) is 19.9 Å². The van der Waals surface area contributed by atoms with Crippen molar-refractivity contribution in [3.63, 3.8) is 0 Å². The molecule has 0 saturated carbocycles. The van der Waals surface area contributed by atoms with Crippen LogP contribution in [0.15, 0.2) is 18.2 Å². The molecule has 23 heavy (non-hydrogen) atoms. The third-order valence-corrected chi connectivity index (χ3v) is 4.59. The zero-order valence-corrected chi connectivity index (χ0v) is 13.6. The van der Waals surface area contributed by atoms with E-state index in [0.29, 0.717) is 12.8 Å². The molecule has 0 spiro atoms. The van der Waals surface area contributed by atoms with Gasteiger partial charge in [0.25, 0.3) is 0 Å². The number of nitrogens with zero attached hydrogens (tertiary/aromatic N) is 1. The van der Waals surface area contributed by atoms with Crippen LogP contribution in [0.3, 0.4) is 0 Å². The smallest absolute Gasteiger partial charge is 0.231 e. The van der Waals surface area contributed by atoms with E-state index in [1.54, 1.807) is 6.92 Å². The number of nitrogens with one attached hydrogen (secondary N) is 2. The SMILES string of the molecule is CC(=N)OC(=N)C1CCN(C(C)c2ccc3c(c2)OCO3)CC1. The summed E-state index contributed by atoms with van der Waals surface area (Å²) in [6.45, 7) is 5.89. The summed E-state index contributed by atoms with van der Waals surface area (Å²) in [5.74, 6) is 2.07. The first-order valence-corrected chi connectivity index (χ1v) is 7.99. The van der Waals surface area contributed by atoms with Crippen LogP contribution in [0.25, 0.3) is 0 Å². The predicted molar refractivity (Wildman–Crippen MR) is 87.5 cm³/mol. The summed E-state index contributed by atoms with van der Waals surface area (Å²) < 4.78 is 16.0. The zero-order valence-electron chi connectivity index (χ0n) is 13.6. The molecule has 0 amide bonds. The van der Waals surface area contributed by atoms with Gasteiger partial charge in [0.15, 0.2) is 23.3 Å². The molecule has 1 aromatic carbocycles. The molecule has 124 valence electrons. The summed E-state index contributed by atoms with van der Waals surface area (Å²) in [6, 6.07) is 6.42. The van der Waals surface area contributed by atoms with Gasteiger partial charge in [-0.2, -0.15) is 0 Å². The number of piperidine rings is 1. The monoisotopic (exact) mass is 317 g/mol. The minimum Gasteiger partial charge on any atom is -0.454 e. The van der Waals surface area contributed by atoms with Gasteiger partial charge >= 0.3 is 0 Å². The number of rotatable bonds is 3. The summed E-state index contributed by atoms with van der Waals surface area (Å²) in [5, 5.41) is 15.3. The molecule has 2 heterocycles. The average molecular weight is 317 g/mol. The Morgan fingerprint density at radius 1 is 1.22 bits per heavy atom. The van der Waals surface area contributed by atoms with Gasteiger partial charge < -0.3 is 14.2 Å². The first-order chi connectivity index (χ1) is 11.0. The minimum atomic E-state index is 0.0890. The van der Waals surface area contributed by atoms with Gasteiger partial charge in [0.1, 0.15) is 0 Å². The molecule has 1 fully saturated rings. The molecule has 6 heteroatoms. The Morgan fingerprint density at radius 2 is 1.91 bits per heavy atom. The number of ether oxygens (including phenoxy) is 3. The molecule has 0 aliphatic carbocycles. The fourth-order valence-electron chi connectivity index (χ4n) is 3.18. The van der Waals surface area contributed by atoms with Gasteiger partial charge in [0.05, 0.1) is 0 Å². The largest absolute Gasteiger partial charge is 0.454 e. The number of fused-ring (bicyclic) bond motifs is 1. The van der Waals surface area contributed by atoms with E-state index >= 15 is 0 Å². The first-order valence-electron chi connectivity index (χ1n) is 7.99. The van der Waals surface area contributed by atoms with Gasteiger partial charge in [-0.1, -0.05) is 6.07 Å². The summed E-state index contributed by atoms with van der Waals surface area (Å²) in [4.78, 5) is 2.42. The maximum absolute atomic E-state index is 7.92. The van der Waals surface area contributed by atoms with Crippen LogP contribution < -0.4 is 9.47 Å². The number of benzene rings is 1. The fourth-order valence-corrected chi connectivity index (χ4v) is 3.18. The molecule has 2 N–H and O–H groups in total. The highest BCUT2D eigenvalue weighted by Gasteiger charge is 2.27. The van der Waals surface area contributed by atoms with Crippen LogP contribution in [-0.4, -0.2) is 36.6 Å².